The van der Waals surface area contributed by atoms with Crippen LogP contribution in [0.5, 0.6) is 5.75 Å². The zero-order chi connectivity index (χ0) is 15.9. The first kappa shape index (κ1) is 17.4. The first-order valence-corrected chi connectivity index (χ1v) is 6.82. The van der Waals surface area contributed by atoms with Gasteiger partial charge in [-0.25, -0.2) is 0 Å². The van der Waals surface area contributed by atoms with Crippen LogP contribution in [-0.2, 0) is 11.2 Å². The Morgan fingerprint density at radius 2 is 1.86 bits per heavy atom. The molecule has 0 spiro atoms. The van der Waals surface area contributed by atoms with Crippen molar-refractivity contribution in [2.45, 2.75) is 39.3 Å². The average molecular weight is 300 g/mol. The molecule has 0 aliphatic rings. The van der Waals surface area contributed by atoms with Crippen molar-refractivity contribution in [3.63, 3.8) is 0 Å². The summed E-state index contributed by atoms with van der Waals surface area (Å²) in [6.45, 7) is 3.92. The summed E-state index contributed by atoms with van der Waals surface area (Å²) in [6.07, 6.45) is 0.635. The summed E-state index contributed by atoms with van der Waals surface area (Å²) in [5.74, 6) is 0.0646. The van der Waals surface area contributed by atoms with Gasteiger partial charge in [-0.05, 0) is 44.9 Å². The van der Waals surface area contributed by atoms with Crippen LogP contribution in [0.25, 0.3) is 0 Å². The van der Waals surface area contributed by atoms with Crippen molar-refractivity contribution in [1.82, 2.24) is 10.6 Å². The lowest BCUT2D eigenvalue weighted by molar-refractivity contribution is -0.120. The third-order valence-corrected chi connectivity index (χ3v) is 2.66. The van der Waals surface area contributed by atoms with Crippen LogP contribution >= 0.6 is 0 Å². The van der Waals surface area contributed by atoms with E-state index < -0.39 is 6.61 Å². The number of halogens is 2. The molecule has 0 aliphatic heterocycles. The molecule has 118 valence electrons. The van der Waals surface area contributed by atoms with Crippen molar-refractivity contribution >= 4 is 5.91 Å². The fourth-order valence-electron chi connectivity index (χ4n) is 1.59. The largest absolute Gasteiger partial charge is 0.435 e. The van der Waals surface area contributed by atoms with E-state index in [9.17, 15) is 13.6 Å². The highest BCUT2D eigenvalue weighted by Crippen LogP contribution is 2.14. The Bertz CT molecular complexity index is 442. The smallest absolute Gasteiger partial charge is 0.387 e. The van der Waals surface area contributed by atoms with E-state index in [0.29, 0.717) is 13.0 Å². The third-order valence-electron chi connectivity index (χ3n) is 2.66. The van der Waals surface area contributed by atoms with E-state index in [2.05, 4.69) is 15.4 Å². The standard InChI is InChI=1S/C15H22F2N2O2/c1-15(2,3)19-10-13(20)18-9-8-11-4-6-12(7-5-11)21-14(16)17/h4-7,14,19H,8-10H2,1-3H3,(H,18,20). The Balaban J connectivity index is 2.27. The molecule has 1 aromatic rings. The van der Waals surface area contributed by atoms with Crippen LogP contribution in [0.3, 0.4) is 0 Å². The van der Waals surface area contributed by atoms with E-state index in [1.54, 1.807) is 12.1 Å². The molecule has 0 saturated carbocycles. The van der Waals surface area contributed by atoms with E-state index in [0.717, 1.165) is 5.56 Å². The fraction of sp³-hybridized carbons (Fsp3) is 0.533. The van der Waals surface area contributed by atoms with Gasteiger partial charge in [0.15, 0.2) is 0 Å². The number of amides is 1. The van der Waals surface area contributed by atoms with E-state index in [1.165, 1.54) is 12.1 Å². The molecule has 0 aromatic heterocycles. The quantitative estimate of drug-likeness (QED) is 0.812. The number of ether oxygens (including phenoxy) is 1. The average Bonchev–Trinajstić information content (AvgIpc) is 2.37. The second-order valence-corrected chi connectivity index (χ2v) is 5.73. The maximum Gasteiger partial charge on any atom is 0.387 e. The van der Waals surface area contributed by atoms with Gasteiger partial charge in [-0.1, -0.05) is 12.1 Å². The second-order valence-electron chi connectivity index (χ2n) is 5.73. The topological polar surface area (TPSA) is 50.4 Å². The Hall–Kier alpha value is -1.69. The molecule has 0 heterocycles. The van der Waals surface area contributed by atoms with E-state index >= 15 is 0 Å². The molecule has 4 nitrogen and oxygen atoms in total. The van der Waals surface area contributed by atoms with Crippen molar-refractivity contribution in [3.8, 4) is 5.75 Å². The molecule has 1 amide bonds. The molecule has 21 heavy (non-hydrogen) atoms. The van der Waals surface area contributed by atoms with Gasteiger partial charge in [-0.15, -0.1) is 0 Å². The summed E-state index contributed by atoms with van der Waals surface area (Å²) in [7, 11) is 0. The zero-order valence-electron chi connectivity index (χ0n) is 12.6. The molecule has 1 rings (SSSR count). The minimum atomic E-state index is -2.81. The van der Waals surface area contributed by atoms with Crippen molar-refractivity contribution < 1.29 is 18.3 Å². The lowest BCUT2D eigenvalue weighted by Gasteiger charge is -2.20. The van der Waals surface area contributed by atoms with Crippen molar-refractivity contribution in [1.29, 1.82) is 0 Å². The number of alkyl halides is 2. The van der Waals surface area contributed by atoms with Crippen LogP contribution in [0.4, 0.5) is 8.78 Å². The van der Waals surface area contributed by atoms with E-state index in [4.69, 9.17) is 0 Å². The summed E-state index contributed by atoms with van der Waals surface area (Å²) >= 11 is 0. The first-order valence-electron chi connectivity index (χ1n) is 6.82. The molecule has 1 aromatic carbocycles. The van der Waals surface area contributed by atoms with Gasteiger partial charge in [-0.2, -0.15) is 8.78 Å². The minimum absolute atomic E-state index is 0.0671. The van der Waals surface area contributed by atoms with Crippen LogP contribution in [0.2, 0.25) is 0 Å². The molecule has 2 N–H and O–H groups in total. The summed E-state index contributed by atoms with van der Waals surface area (Å²) in [5.41, 5.74) is 0.846. The minimum Gasteiger partial charge on any atom is -0.435 e. The molecule has 0 fully saturated rings. The number of rotatable bonds is 7. The second kappa shape index (κ2) is 7.93. The predicted molar refractivity (Wildman–Crippen MR) is 77.5 cm³/mol. The summed E-state index contributed by atoms with van der Waals surface area (Å²) in [5, 5.41) is 5.89. The molecule has 0 aliphatic carbocycles. The molecule has 0 radical (unpaired) electrons. The van der Waals surface area contributed by atoms with Crippen molar-refractivity contribution in [2.24, 2.45) is 0 Å². The number of nitrogens with one attached hydrogen (secondary N) is 2. The zero-order valence-corrected chi connectivity index (χ0v) is 12.6. The maximum absolute atomic E-state index is 12.0. The van der Waals surface area contributed by atoms with Crippen LogP contribution < -0.4 is 15.4 Å². The monoisotopic (exact) mass is 300 g/mol. The van der Waals surface area contributed by atoms with Gasteiger partial charge in [-0.3, -0.25) is 4.79 Å². The van der Waals surface area contributed by atoms with Gasteiger partial charge >= 0.3 is 6.61 Å². The van der Waals surface area contributed by atoms with Crippen LogP contribution in [0.15, 0.2) is 24.3 Å². The lowest BCUT2D eigenvalue weighted by Crippen LogP contribution is -2.43. The number of carbonyl (C=O) groups is 1. The summed E-state index contributed by atoms with van der Waals surface area (Å²) < 4.78 is 28.3. The molecular weight excluding hydrogens is 278 g/mol. The number of hydrogen-bond donors (Lipinski definition) is 2. The maximum atomic E-state index is 12.0. The first-order chi connectivity index (χ1) is 9.76. The fourth-order valence-corrected chi connectivity index (χ4v) is 1.59. The van der Waals surface area contributed by atoms with Gasteiger partial charge < -0.3 is 15.4 Å². The molecule has 0 saturated heterocycles. The van der Waals surface area contributed by atoms with E-state index in [-0.39, 0.29) is 23.7 Å². The van der Waals surface area contributed by atoms with Gasteiger partial charge in [0.1, 0.15) is 5.75 Å². The van der Waals surface area contributed by atoms with Crippen LogP contribution in [0, 0.1) is 0 Å². The normalized spacial score (nSPS) is 11.5. The summed E-state index contributed by atoms with van der Waals surface area (Å²) in [4.78, 5) is 11.6. The third kappa shape index (κ3) is 8.24. The molecule has 0 atom stereocenters. The predicted octanol–water partition coefficient (Wildman–Crippen LogP) is 2.33. The number of benzene rings is 1. The SMILES string of the molecule is CC(C)(C)NCC(=O)NCCc1ccc(OC(F)F)cc1. The van der Waals surface area contributed by atoms with Gasteiger partial charge in [0.25, 0.3) is 0 Å². The number of carbonyl (C=O) groups excluding carboxylic acids is 1. The molecule has 6 heteroatoms. The van der Waals surface area contributed by atoms with Gasteiger partial charge in [0, 0.05) is 12.1 Å². The van der Waals surface area contributed by atoms with Gasteiger partial charge in [0.05, 0.1) is 6.54 Å². The molecular formula is C15H22F2N2O2. The Kier molecular flexibility index (Phi) is 6.55. The highest BCUT2D eigenvalue weighted by atomic mass is 19.3. The lowest BCUT2D eigenvalue weighted by atomic mass is 10.1. The highest BCUT2D eigenvalue weighted by molar-refractivity contribution is 5.78. The van der Waals surface area contributed by atoms with Crippen molar-refractivity contribution in [3.05, 3.63) is 29.8 Å². The molecule has 0 bridgehead atoms. The Morgan fingerprint density at radius 3 is 2.38 bits per heavy atom. The Labute approximate surface area is 123 Å². The molecule has 0 unspecified atom stereocenters. The Morgan fingerprint density at radius 1 is 1.24 bits per heavy atom. The van der Waals surface area contributed by atoms with Gasteiger partial charge in [0.2, 0.25) is 5.91 Å². The number of hydrogen-bond acceptors (Lipinski definition) is 3. The van der Waals surface area contributed by atoms with Crippen molar-refractivity contribution in [2.75, 3.05) is 13.1 Å². The van der Waals surface area contributed by atoms with Crippen LogP contribution in [0.1, 0.15) is 26.3 Å². The highest BCUT2D eigenvalue weighted by Gasteiger charge is 2.10. The van der Waals surface area contributed by atoms with Crippen LogP contribution in [-0.4, -0.2) is 31.1 Å². The summed E-state index contributed by atoms with van der Waals surface area (Å²) in [6, 6.07) is 6.39. The van der Waals surface area contributed by atoms with E-state index in [1.807, 2.05) is 20.8 Å².